The smallest absolute Gasteiger partial charge is 0.389 e. The van der Waals surface area contributed by atoms with Crippen molar-refractivity contribution < 1.29 is 18.3 Å². The molecule has 1 N–H and O–H groups in total. The van der Waals surface area contributed by atoms with Crippen LogP contribution in [0.5, 0.6) is 0 Å². The van der Waals surface area contributed by atoms with E-state index in [0.717, 1.165) is 6.07 Å². The van der Waals surface area contributed by atoms with E-state index in [-0.39, 0.29) is 0 Å². The summed E-state index contributed by atoms with van der Waals surface area (Å²) in [5.74, 6) is 0. The molecule has 4 nitrogen and oxygen atoms in total. The fraction of sp³-hybridized carbons (Fsp3) is 0.333. The molecule has 0 aromatic carbocycles. The van der Waals surface area contributed by atoms with Crippen molar-refractivity contribution in [1.29, 1.82) is 0 Å². The largest absolute Gasteiger partial charge is 0.433 e. The number of aromatic nitrogens is 3. The molecule has 2 aromatic rings. The lowest BCUT2D eigenvalue weighted by molar-refractivity contribution is -0.141. The number of hydrogen-bond acceptors (Lipinski definition) is 3. The van der Waals surface area contributed by atoms with E-state index in [1.165, 1.54) is 23.1 Å². The molecular formula is C12H12F3N3O. The van der Waals surface area contributed by atoms with Crippen molar-refractivity contribution >= 4 is 0 Å². The van der Waals surface area contributed by atoms with Crippen molar-refractivity contribution in [1.82, 2.24) is 14.8 Å². The fourth-order valence-corrected chi connectivity index (χ4v) is 1.55. The topological polar surface area (TPSA) is 50.9 Å². The number of aliphatic hydroxyl groups is 1. The maximum atomic E-state index is 12.3. The average molecular weight is 271 g/mol. The Morgan fingerprint density at radius 1 is 1.32 bits per heavy atom. The van der Waals surface area contributed by atoms with Gasteiger partial charge in [0.25, 0.3) is 0 Å². The van der Waals surface area contributed by atoms with Crippen molar-refractivity contribution in [2.24, 2.45) is 0 Å². The number of alkyl halides is 3. The van der Waals surface area contributed by atoms with Gasteiger partial charge in [0.2, 0.25) is 0 Å². The molecule has 0 amide bonds. The minimum absolute atomic E-state index is 0.303. The molecule has 0 fully saturated rings. The molecule has 0 bridgehead atoms. The van der Waals surface area contributed by atoms with Crippen molar-refractivity contribution in [2.75, 3.05) is 0 Å². The zero-order valence-electron chi connectivity index (χ0n) is 10.1. The third-order valence-corrected chi connectivity index (χ3v) is 2.60. The lowest BCUT2D eigenvalue weighted by Crippen LogP contribution is -2.08. The molecule has 102 valence electrons. The van der Waals surface area contributed by atoms with E-state index in [2.05, 4.69) is 10.1 Å². The van der Waals surface area contributed by atoms with E-state index in [1.807, 2.05) is 0 Å². The highest BCUT2D eigenvalue weighted by Gasteiger charge is 2.31. The summed E-state index contributed by atoms with van der Waals surface area (Å²) in [6.45, 7) is 1.92. The number of pyridine rings is 1. The van der Waals surface area contributed by atoms with Crippen LogP contribution in [0.4, 0.5) is 13.2 Å². The van der Waals surface area contributed by atoms with Crippen LogP contribution in [0.3, 0.4) is 0 Å². The van der Waals surface area contributed by atoms with Crippen LogP contribution in [0.2, 0.25) is 0 Å². The number of hydrogen-bond donors (Lipinski definition) is 1. The molecule has 0 saturated heterocycles. The molecule has 2 heterocycles. The minimum atomic E-state index is -4.43. The molecule has 7 heteroatoms. The molecule has 2 rings (SSSR count). The maximum Gasteiger partial charge on any atom is 0.433 e. The first-order chi connectivity index (χ1) is 8.86. The lowest BCUT2D eigenvalue weighted by atomic mass is 10.2. The van der Waals surface area contributed by atoms with Crippen LogP contribution in [0.1, 0.15) is 29.8 Å². The minimum Gasteiger partial charge on any atom is -0.389 e. The summed E-state index contributed by atoms with van der Waals surface area (Å²) in [5, 5.41) is 13.3. The summed E-state index contributed by atoms with van der Waals surface area (Å²) in [7, 11) is 0. The van der Waals surface area contributed by atoms with Crippen LogP contribution in [-0.2, 0) is 12.7 Å². The average Bonchev–Trinajstić information content (AvgIpc) is 2.77. The zero-order chi connectivity index (χ0) is 14.0. The monoisotopic (exact) mass is 271 g/mol. The maximum absolute atomic E-state index is 12.3. The quantitative estimate of drug-likeness (QED) is 0.932. The Bertz CT molecular complexity index is 546. The summed E-state index contributed by atoms with van der Waals surface area (Å²) in [4.78, 5) is 3.37. The van der Waals surface area contributed by atoms with Crippen molar-refractivity contribution in [2.45, 2.75) is 25.7 Å². The molecule has 0 aliphatic carbocycles. The third-order valence-electron chi connectivity index (χ3n) is 2.60. The van der Waals surface area contributed by atoms with E-state index in [4.69, 9.17) is 0 Å². The Hall–Kier alpha value is -1.89. The van der Waals surface area contributed by atoms with Crippen LogP contribution >= 0.6 is 0 Å². The predicted octanol–water partition coefficient (Wildman–Crippen LogP) is 2.40. The Kier molecular flexibility index (Phi) is 3.57. The Morgan fingerprint density at radius 2 is 2.05 bits per heavy atom. The standard InChI is InChI=1S/C12H12F3N3O/c1-8(19)10-5-17-18(7-10)6-9-2-3-11(16-4-9)12(13,14)15/h2-5,7-8,19H,6H2,1H3. The summed E-state index contributed by atoms with van der Waals surface area (Å²) < 4.78 is 38.5. The van der Waals surface area contributed by atoms with Crippen LogP contribution in [0.25, 0.3) is 0 Å². The second kappa shape index (κ2) is 5.00. The second-order valence-electron chi connectivity index (χ2n) is 4.20. The lowest BCUT2D eigenvalue weighted by Gasteiger charge is -2.06. The predicted molar refractivity (Wildman–Crippen MR) is 61.2 cm³/mol. The molecular weight excluding hydrogens is 259 g/mol. The zero-order valence-corrected chi connectivity index (χ0v) is 10.1. The van der Waals surface area contributed by atoms with Gasteiger partial charge in [0.1, 0.15) is 5.69 Å². The molecule has 1 atom stereocenters. The molecule has 0 radical (unpaired) electrons. The Balaban J connectivity index is 2.11. The van der Waals surface area contributed by atoms with Gasteiger partial charge in [0, 0.05) is 18.0 Å². The Labute approximate surface area is 107 Å². The number of halogens is 3. The van der Waals surface area contributed by atoms with Gasteiger partial charge in [-0.25, -0.2) is 0 Å². The first-order valence-corrected chi connectivity index (χ1v) is 5.59. The molecule has 19 heavy (non-hydrogen) atoms. The molecule has 0 spiro atoms. The van der Waals surface area contributed by atoms with E-state index >= 15 is 0 Å². The SMILES string of the molecule is CC(O)c1cnn(Cc2ccc(C(F)(F)F)nc2)c1. The highest BCUT2D eigenvalue weighted by atomic mass is 19.4. The van der Waals surface area contributed by atoms with Crippen molar-refractivity contribution in [3.05, 3.63) is 47.5 Å². The van der Waals surface area contributed by atoms with E-state index in [9.17, 15) is 18.3 Å². The number of nitrogens with zero attached hydrogens (tertiary/aromatic N) is 3. The molecule has 2 aromatic heterocycles. The normalized spacial score (nSPS) is 13.5. The highest BCUT2D eigenvalue weighted by molar-refractivity contribution is 5.17. The summed E-state index contributed by atoms with van der Waals surface area (Å²) in [6.07, 6.45) is -0.722. The van der Waals surface area contributed by atoms with Gasteiger partial charge in [0.15, 0.2) is 0 Å². The van der Waals surface area contributed by atoms with E-state index < -0.39 is 18.0 Å². The van der Waals surface area contributed by atoms with Gasteiger partial charge in [-0.05, 0) is 18.6 Å². The fourth-order valence-electron chi connectivity index (χ4n) is 1.55. The molecule has 1 unspecified atom stereocenters. The van der Waals surface area contributed by atoms with E-state index in [1.54, 1.807) is 13.1 Å². The van der Waals surface area contributed by atoms with Crippen LogP contribution in [0, 0.1) is 0 Å². The van der Waals surface area contributed by atoms with Gasteiger partial charge >= 0.3 is 6.18 Å². The van der Waals surface area contributed by atoms with Crippen molar-refractivity contribution in [3.8, 4) is 0 Å². The molecule has 0 aliphatic rings. The first kappa shape index (κ1) is 13.5. The molecule has 0 saturated carbocycles. The Morgan fingerprint density at radius 3 is 2.53 bits per heavy atom. The molecule has 0 aliphatic heterocycles. The van der Waals surface area contributed by atoms with Gasteiger partial charge in [-0.1, -0.05) is 6.07 Å². The van der Waals surface area contributed by atoms with Gasteiger partial charge in [-0.3, -0.25) is 9.67 Å². The van der Waals surface area contributed by atoms with Gasteiger partial charge < -0.3 is 5.11 Å². The van der Waals surface area contributed by atoms with Crippen LogP contribution in [-0.4, -0.2) is 19.9 Å². The number of aliphatic hydroxyl groups excluding tert-OH is 1. The van der Waals surface area contributed by atoms with Crippen LogP contribution < -0.4 is 0 Å². The summed E-state index contributed by atoms with van der Waals surface area (Å²) in [5.41, 5.74) is 0.342. The summed E-state index contributed by atoms with van der Waals surface area (Å²) in [6, 6.07) is 2.30. The van der Waals surface area contributed by atoms with E-state index in [0.29, 0.717) is 17.7 Å². The number of rotatable bonds is 3. The van der Waals surface area contributed by atoms with Gasteiger partial charge in [-0.2, -0.15) is 18.3 Å². The first-order valence-electron chi connectivity index (χ1n) is 5.59. The van der Waals surface area contributed by atoms with Crippen LogP contribution in [0.15, 0.2) is 30.7 Å². The van der Waals surface area contributed by atoms with Crippen molar-refractivity contribution in [3.63, 3.8) is 0 Å². The second-order valence-corrected chi connectivity index (χ2v) is 4.20. The van der Waals surface area contributed by atoms with Gasteiger partial charge in [0.05, 0.1) is 18.8 Å². The summed E-state index contributed by atoms with van der Waals surface area (Å²) >= 11 is 0. The third kappa shape index (κ3) is 3.31. The van der Waals surface area contributed by atoms with Gasteiger partial charge in [-0.15, -0.1) is 0 Å². The highest BCUT2D eigenvalue weighted by Crippen LogP contribution is 2.27.